The molecule has 2 heterocycles. The van der Waals surface area contributed by atoms with Crippen LogP contribution in [-0.2, 0) is 9.59 Å². The summed E-state index contributed by atoms with van der Waals surface area (Å²) in [6.45, 7) is 7.86. The molecule has 1 saturated heterocycles. The van der Waals surface area contributed by atoms with Crippen molar-refractivity contribution in [1.82, 2.24) is 10.2 Å². The second kappa shape index (κ2) is 7.75. The Hall–Kier alpha value is -1.88. The van der Waals surface area contributed by atoms with Crippen molar-refractivity contribution in [1.29, 1.82) is 0 Å². The van der Waals surface area contributed by atoms with Gasteiger partial charge in [-0.3, -0.25) is 9.59 Å². The van der Waals surface area contributed by atoms with E-state index in [2.05, 4.69) is 35.1 Å². The lowest BCUT2D eigenvalue weighted by molar-refractivity contribution is -0.128. The summed E-state index contributed by atoms with van der Waals surface area (Å²) in [6.07, 6.45) is 4.62. The lowest BCUT2D eigenvalue weighted by Gasteiger charge is -2.41. The van der Waals surface area contributed by atoms with Gasteiger partial charge in [0.1, 0.15) is 0 Å². The molecule has 3 aliphatic rings. The first kappa shape index (κ1) is 20.4. The summed E-state index contributed by atoms with van der Waals surface area (Å²) in [7, 11) is 0. The number of piperidine rings is 1. The number of hydrogen-bond acceptors (Lipinski definition) is 3. The average Bonchev–Trinajstić information content (AvgIpc) is 2.67. The number of rotatable bonds is 2. The average molecular weight is 457 g/mol. The van der Waals surface area contributed by atoms with Crippen molar-refractivity contribution >= 4 is 27.6 Å². The molecular formula is C24H29BrN2O2. The van der Waals surface area contributed by atoms with E-state index in [-0.39, 0.29) is 23.0 Å². The number of nitrogens with one attached hydrogen (secondary N) is 1. The first-order valence-corrected chi connectivity index (χ1v) is 11.3. The van der Waals surface area contributed by atoms with Crippen LogP contribution in [0.2, 0.25) is 0 Å². The molecule has 1 unspecified atom stereocenters. The van der Waals surface area contributed by atoms with Gasteiger partial charge in [-0.2, -0.15) is 0 Å². The van der Waals surface area contributed by atoms with Gasteiger partial charge in [-0.05, 0) is 55.7 Å². The number of dihydropyridines is 1. The minimum atomic E-state index is -0.294. The van der Waals surface area contributed by atoms with Gasteiger partial charge in [0.25, 0.3) is 5.91 Å². The molecule has 1 aromatic rings. The summed E-state index contributed by atoms with van der Waals surface area (Å²) in [4.78, 5) is 28.9. The van der Waals surface area contributed by atoms with E-state index in [1.165, 1.54) is 6.42 Å². The van der Waals surface area contributed by atoms with Crippen molar-refractivity contribution in [2.45, 2.75) is 58.8 Å². The molecule has 1 atom stereocenters. The second-order valence-corrected chi connectivity index (χ2v) is 10.2. The van der Waals surface area contributed by atoms with Gasteiger partial charge in [0.05, 0.1) is 0 Å². The number of likely N-dealkylation sites (tertiary alicyclic amines) is 1. The SMILES string of the molecule is CC1=C(C(=O)N2CCCCC2)C(c2ccc(Br)cc2)C2=C(CC(C)(C)CC2=O)N1. The normalized spacial score (nSPS) is 24.3. The van der Waals surface area contributed by atoms with Crippen molar-refractivity contribution < 1.29 is 9.59 Å². The molecule has 0 aromatic heterocycles. The van der Waals surface area contributed by atoms with E-state index in [1.807, 2.05) is 36.1 Å². The molecule has 0 radical (unpaired) electrons. The Morgan fingerprint density at radius 2 is 1.76 bits per heavy atom. The Kier molecular flexibility index (Phi) is 5.45. The number of nitrogens with zero attached hydrogens (tertiary/aromatic N) is 1. The van der Waals surface area contributed by atoms with Crippen LogP contribution in [0.3, 0.4) is 0 Å². The third kappa shape index (κ3) is 3.94. The monoisotopic (exact) mass is 456 g/mol. The van der Waals surface area contributed by atoms with E-state index < -0.39 is 0 Å². The van der Waals surface area contributed by atoms with E-state index in [0.29, 0.717) is 6.42 Å². The second-order valence-electron chi connectivity index (χ2n) is 9.33. The molecule has 1 N–H and O–H groups in total. The highest BCUT2D eigenvalue weighted by Crippen LogP contribution is 2.47. The fourth-order valence-electron chi connectivity index (χ4n) is 4.98. The fraction of sp³-hybridized carbons (Fsp3) is 0.500. The number of amides is 1. The maximum Gasteiger partial charge on any atom is 0.252 e. The molecule has 154 valence electrons. The third-order valence-electron chi connectivity index (χ3n) is 6.32. The Bertz CT molecular complexity index is 905. The van der Waals surface area contributed by atoms with Gasteiger partial charge in [0.15, 0.2) is 5.78 Å². The lowest BCUT2D eigenvalue weighted by atomic mass is 9.68. The summed E-state index contributed by atoms with van der Waals surface area (Å²) >= 11 is 3.51. The van der Waals surface area contributed by atoms with Crippen molar-refractivity contribution in [3.05, 3.63) is 56.8 Å². The molecule has 1 fully saturated rings. The number of allylic oxidation sites excluding steroid dienone is 3. The Morgan fingerprint density at radius 1 is 1.10 bits per heavy atom. The predicted molar refractivity (Wildman–Crippen MR) is 118 cm³/mol. The van der Waals surface area contributed by atoms with Gasteiger partial charge in [-0.1, -0.05) is 41.9 Å². The van der Waals surface area contributed by atoms with Gasteiger partial charge < -0.3 is 10.2 Å². The number of halogens is 1. The largest absolute Gasteiger partial charge is 0.362 e. The van der Waals surface area contributed by atoms with E-state index in [4.69, 9.17) is 0 Å². The quantitative estimate of drug-likeness (QED) is 0.675. The van der Waals surface area contributed by atoms with Gasteiger partial charge in [0, 0.05) is 52.4 Å². The van der Waals surface area contributed by atoms with Crippen LogP contribution >= 0.6 is 15.9 Å². The highest BCUT2D eigenvalue weighted by molar-refractivity contribution is 9.10. The highest BCUT2D eigenvalue weighted by Gasteiger charge is 2.43. The van der Waals surface area contributed by atoms with Gasteiger partial charge in [-0.15, -0.1) is 0 Å². The maximum absolute atomic E-state index is 13.6. The van der Waals surface area contributed by atoms with Crippen LogP contribution in [0.25, 0.3) is 0 Å². The summed E-state index contributed by atoms with van der Waals surface area (Å²) in [5, 5.41) is 3.47. The number of Topliss-reactive ketones (excluding diaryl/α,β-unsaturated/α-hetero) is 1. The van der Waals surface area contributed by atoms with E-state index in [9.17, 15) is 9.59 Å². The Balaban J connectivity index is 1.82. The zero-order chi connectivity index (χ0) is 20.8. The summed E-state index contributed by atoms with van der Waals surface area (Å²) in [5.74, 6) is -0.0581. The number of ketones is 1. The van der Waals surface area contributed by atoms with Crippen LogP contribution < -0.4 is 5.32 Å². The van der Waals surface area contributed by atoms with Gasteiger partial charge in [0.2, 0.25) is 0 Å². The molecule has 29 heavy (non-hydrogen) atoms. The first-order chi connectivity index (χ1) is 13.8. The number of carbonyl (C=O) groups excluding carboxylic acids is 2. The molecule has 4 rings (SSSR count). The van der Waals surface area contributed by atoms with Crippen LogP contribution in [-0.4, -0.2) is 29.7 Å². The Morgan fingerprint density at radius 3 is 2.41 bits per heavy atom. The van der Waals surface area contributed by atoms with E-state index >= 15 is 0 Å². The van der Waals surface area contributed by atoms with Gasteiger partial charge in [-0.25, -0.2) is 0 Å². The first-order valence-electron chi connectivity index (χ1n) is 10.6. The molecule has 1 aliphatic carbocycles. The van der Waals surface area contributed by atoms with Gasteiger partial charge >= 0.3 is 0 Å². The molecule has 5 heteroatoms. The molecule has 4 nitrogen and oxygen atoms in total. The number of benzene rings is 1. The molecule has 0 saturated carbocycles. The smallest absolute Gasteiger partial charge is 0.252 e. The molecule has 0 spiro atoms. The van der Waals surface area contributed by atoms with Crippen molar-refractivity contribution in [3.8, 4) is 0 Å². The lowest BCUT2D eigenvalue weighted by Crippen LogP contribution is -2.43. The molecular weight excluding hydrogens is 428 g/mol. The van der Waals surface area contributed by atoms with Crippen LogP contribution in [0, 0.1) is 5.41 Å². The van der Waals surface area contributed by atoms with Crippen molar-refractivity contribution in [2.75, 3.05) is 13.1 Å². The topological polar surface area (TPSA) is 49.4 Å². The molecule has 1 amide bonds. The summed E-state index contributed by atoms with van der Waals surface area (Å²) < 4.78 is 0.991. The number of hydrogen-bond donors (Lipinski definition) is 1. The van der Waals surface area contributed by atoms with Crippen LogP contribution in [0.1, 0.15) is 64.4 Å². The highest BCUT2D eigenvalue weighted by atomic mass is 79.9. The number of carbonyl (C=O) groups is 2. The van der Waals surface area contributed by atoms with E-state index in [0.717, 1.165) is 64.9 Å². The molecule has 0 bridgehead atoms. The van der Waals surface area contributed by atoms with Crippen LogP contribution in [0.15, 0.2) is 51.3 Å². The third-order valence-corrected chi connectivity index (χ3v) is 6.85. The molecule has 1 aromatic carbocycles. The van der Waals surface area contributed by atoms with Crippen LogP contribution in [0.5, 0.6) is 0 Å². The van der Waals surface area contributed by atoms with Crippen LogP contribution in [0.4, 0.5) is 0 Å². The van der Waals surface area contributed by atoms with Crippen molar-refractivity contribution in [2.24, 2.45) is 5.41 Å². The summed E-state index contributed by atoms with van der Waals surface area (Å²) in [6, 6.07) is 8.06. The Labute approximate surface area is 181 Å². The predicted octanol–water partition coefficient (Wildman–Crippen LogP) is 5.07. The summed E-state index contributed by atoms with van der Waals surface area (Å²) in [5.41, 5.74) is 4.35. The minimum Gasteiger partial charge on any atom is -0.362 e. The standard InChI is InChI=1S/C24H29BrN2O2/c1-15-20(23(29)27-11-5-4-6-12-27)21(16-7-9-17(25)10-8-16)22-18(26-15)13-24(2,3)14-19(22)28/h7-10,21,26H,4-6,11-14H2,1-3H3. The fourth-order valence-corrected chi connectivity index (χ4v) is 5.24. The van der Waals surface area contributed by atoms with Crippen molar-refractivity contribution in [3.63, 3.8) is 0 Å². The maximum atomic E-state index is 13.6. The van der Waals surface area contributed by atoms with E-state index in [1.54, 1.807) is 0 Å². The minimum absolute atomic E-state index is 0.0676. The zero-order valence-corrected chi connectivity index (χ0v) is 19.1. The zero-order valence-electron chi connectivity index (χ0n) is 17.5. The molecule has 2 aliphatic heterocycles.